The topological polar surface area (TPSA) is 156 Å². The Morgan fingerprint density at radius 1 is 0.820 bits per heavy atom. The minimum atomic E-state index is -1.02. The number of urea groups is 1. The molecular weight excluding hydrogens is 779 g/mol. The fourth-order valence-corrected chi connectivity index (χ4v) is 9.57. The van der Waals surface area contributed by atoms with Gasteiger partial charge < -0.3 is 44.4 Å². The van der Waals surface area contributed by atoms with Gasteiger partial charge in [-0.3, -0.25) is 19.3 Å². The molecule has 61 heavy (non-hydrogen) atoms. The monoisotopic (exact) mass is 846 g/mol. The molecule has 1 atom stereocenters. The molecular formula is C46H67N7O8. The number of ether oxygens (including phenoxy) is 2. The Morgan fingerprint density at radius 3 is 2.20 bits per heavy atom. The average molecular weight is 846 g/mol. The third-order valence-electron chi connectivity index (χ3n) is 13.1. The van der Waals surface area contributed by atoms with E-state index < -0.39 is 12.2 Å². The molecule has 334 valence electrons. The lowest BCUT2D eigenvalue weighted by Gasteiger charge is -2.43. The summed E-state index contributed by atoms with van der Waals surface area (Å²) >= 11 is 0. The Bertz CT molecular complexity index is 1830. The number of hydrogen-bond donors (Lipinski definition) is 2. The molecule has 0 saturated carbocycles. The molecule has 0 radical (unpaired) electrons. The Labute approximate surface area is 361 Å². The van der Waals surface area contributed by atoms with E-state index in [2.05, 4.69) is 15.1 Å². The second-order valence-corrected chi connectivity index (χ2v) is 17.1. The van der Waals surface area contributed by atoms with E-state index in [9.17, 15) is 29.1 Å². The number of phenols is 1. The van der Waals surface area contributed by atoms with Crippen LogP contribution in [0.1, 0.15) is 81.0 Å². The molecule has 5 amide bonds. The van der Waals surface area contributed by atoms with Gasteiger partial charge in [-0.2, -0.15) is 0 Å². The molecule has 2 aromatic carbocycles. The number of nitrogens with zero attached hydrogens (tertiary/aromatic N) is 6. The molecule has 0 aromatic heterocycles. The lowest BCUT2D eigenvalue weighted by atomic mass is 10.00. The van der Waals surface area contributed by atoms with E-state index in [1.165, 1.54) is 0 Å². The van der Waals surface area contributed by atoms with E-state index >= 15 is 0 Å². The van der Waals surface area contributed by atoms with Crippen molar-refractivity contribution in [3.05, 3.63) is 58.7 Å². The Balaban J connectivity index is 0.00000622. The first-order chi connectivity index (χ1) is 29.0. The van der Waals surface area contributed by atoms with Crippen LogP contribution in [0.3, 0.4) is 0 Å². The third kappa shape index (κ3) is 11.7. The molecule has 5 aliphatic heterocycles. The molecule has 15 nitrogen and oxygen atoms in total. The summed E-state index contributed by atoms with van der Waals surface area (Å²) < 4.78 is 11.5. The number of hydrogen-bond acceptors (Lipinski definition) is 10. The quantitative estimate of drug-likeness (QED) is 0.212. The molecule has 0 bridgehead atoms. The smallest absolute Gasteiger partial charge is 0.410 e. The maximum absolute atomic E-state index is 14.2. The number of piperazine rings is 1. The van der Waals surface area contributed by atoms with E-state index in [4.69, 9.17) is 9.47 Å². The van der Waals surface area contributed by atoms with Crippen molar-refractivity contribution in [1.29, 1.82) is 0 Å². The number of para-hydroxylation sites is 1. The summed E-state index contributed by atoms with van der Waals surface area (Å²) in [4.78, 5) is 77.3. The highest BCUT2D eigenvalue weighted by Gasteiger charge is 2.36. The number of carbonyl (C=O) groups is 5. The molecule has 2 N–H and O–H groups in total. The van der Waals surface area contributed by atoms with Crippen LogP contribution in [0.5, 0.6) is 5.75 Å². The lowest BCUT2D eigenvalue weighted by molar-refractivity contribution is -0.145. The summed E-state index contributed by atoms with van der Waals surface area (Å²) in [7, 11) is 0. The zero-order valence-corrected chi connectivity index (χ0v) is 35.4. The standard InChI is InChI=1S/C45H63N7O8.CH4/c1-32-29-34(30-33(2)42(32)55)31-39(60-45(58)51-21-13-37(14-22-51)52-23-10-35-7-3-4-8-38(35)46-44(52)57)43(56)50-26-24-48(25-27-50)36-11-18-47(19-12-36)20-15-41(54)59-28-6-17-49-16-5-9-40(49)53;/h3-4,7-8,29-30,36-37,39,55H,5-6,9-28,31H2,1-2H3,(H,46,57);1H4/t39-;/m1./s1. The van der Waals surface area contributed by atoms with Crippen LogP contribution in [0.2, 0.25) is 0 Å². The van der Waals surface area contributed by atoms with E-state index in [1.807, 2.05) is 64.9 Å². The molecule has 0 unspecified atom stereocenters. The largest absolute Gasteiger partial charge is 0.507 e. The van der Waals surface area contributed by atoms with Crippen LogP contribution in [-0.4, -0.2) is 168 Å². The number of esters is 1. The predicted octanol–water partition coefficient (Wildman–Crippen LogP) is 4.80. The fraction of sp³-hybridized carbons (Fsp3) is 0.630. The van der Waals surface area contributed by atoms with Crippen molar-refractivity contribution in [2.75, 3.05) is 90.5 Å². The molecule has 5 aliphatic rings. The van der Waals surface area contributed by atoms with Gasteiger partial charge in [-0.25, -0.2) is 9.59 Å². The number of nitrogens with one attached hydrogen (secondary N) is 1. The van der Waals surface area contributed by atoms with Crippen LogP contribution in [0.15, 0.2) is 36.4 Å². The van der Waals surface area contributed by atoms with Crippen LogP contribution in [0.25, 0.3) is 0 Å². The summed E-state index contributed by atoms with van der Waals surface area (Å²) in [6.07, 6.45) is 5.17. The van der Waals surface area contributed by atoms with Gasteiger partial charge in [-0.15, -0.1) is 0 Å². The van der Waals surface area contributed by atoms with Gasteiger partial charge in [0.15, 0.2) is 6.10 Å². The number of phenolic OH excluding ortho intramolecular Hbond substituents is 1. The predicted molar refractivity (Wildman–Crippen MR) is 232 cm³/mol. The number of anilines is 1. The second kappa shape index (κ2) is 21.3. The highest BCUT2D eigenvalue weighted by molar-refractivity contribution is 5.91. The summed E-state index contributed by atoms with van der Waals surface area (Å²) in [5, 5.41) is 13.5. The van der Waals surface area contributed by atoms with Crippen molar-refractivity contribution in [2.45, 2.75) is 104 Å². The fourth-order valence-electron chi connectivity index (χ4n) is 9.57. The third-order valence-corrected chi connectivity index (χ3v) is 13.1. The van der Waals surface area contributed by atoms with Crippen LogP contribution in [-0.2, 0) is 36.7 Å². The average Bonchev–Trinajstić information content (AvgIpc) is 3.59. The molecule has 0 aliphatic carbocycles. The van der Waals surface area contributed by atoms with E-state index in [0.717, 1.165) is 75.2 Å². The number of amides is 5. The molecule has 5 heterocycles. The van der Waals surface area contributed by atoms with Crippen LogP contribution in [0.4, 0.5) is 15.3 Å². The van der Waals surface area contributed by atoms with Gasteiger partial charge in [0.1, 0.15) is 5.75 Å². The van der Waals surface area contributed by atoms with Gasteiger partial charge in [-0.1, -0.05) is 37.8 Å². The van der Waals surface area contributed by atoms with E-state index in [-0.39, 0.29) is 49.5 Å². The van der Waals surface area contributed by atoms with Gasteiger partial charge in [0.25, 0.3) is 5.91 Å². The lowest BCUT2D eigenvalue weighted by Crippen LogP contribution is -2.56. The number of carbonyl (C=O) groups excluding carboxylic acids is 5. The van der Waals surface area contributed by atoms with Gasteiger partial charge in [0, 0.05) is 96.1 Å². The zero-order chi connectivity index (χ0) is 42.2. The first-order valence-corrected chi connectivity index (χ1v) is 22.1. The van der Waals surface area contributed by atoms with E-state index in [0.29, 0.717) is 102 Å². The first-order valence-electron chi connectivity index (χ1n) is 22.1. The Hall–Kier alpha value is -4.89. The molecule has 4 saturated heterocycles. The van der Waals surface area contributed by atoms with Gasteiger partial charge >= 0.3 is 18.1 Å². The molecule has 2 aromatic rings. The van der Waals surface area contributed by atoms with Crippen molar-refractivity contribution in [3.8, 4) is 5.75 Å². The number of rotatable bonds is 13. The number of benzene rings is 2. The maximum atomic E-state index is 14.2. The zero-order valence-electron chi connectivity index (χ0n) is 35.4. The van der Waals surface area contributed by atoms with Crippen molar-refractivity contribution in [3.63, 3.8) is 0 Å². The Kier molecular flexibility index (Phi) is 15.9. The van der Waals surface area contributed by atoms with Crippen molar-refractivity contribution in [1.82, 2.24) is 29.4 Å². The SMILES string of the molecule is C.Cc1cc(C[C@@H](OC(=O)N2CCC(N3CCc4ccccc4NC3=O)CC2)C(=O)N2CCN(C3CCN(CCC(=O)OCCCN4CCCC4=O)CC3)CC2)cc(C)c1O. The summed E-state index contributed by atoms with van der Waals surface area (Å²) in [6, 6.07) is 11.8. The molecule has 0 spiro atoms. The number of fused-ring (bicyclic) bond motifs is 1. The van der Waals surface area contributed by atoms with Crippen molar-refractivity contribution < 1.29 is 38.6 Å². The first kappa shape index (κ1) is 45.6. The van der Waals surface area contributed by atoms with Crippen molar-refractivity contribution in [2.24, 2.45) is 0 Å². The number of piperidine rings is 2. The van der Waals surface area contributed by atoms with E-state index in [1.54, 1.807) is 4.90 Å². The minimum absolute atomic E-state index is 0. The van der Waals surface area contributed by atoms with Crippen LogP contribution < -0.4 is 5.32 Å². The highest BCUT2D eigenvalue weighted by atomic mass is 16.6. The van der Waals surface area contributed by atoms with Gasteiger partial charge in [0.05, 0.1) is 13.0 Å². The van der Waals surface area contributed by atoms with Gasteiger partial charge in [0.2, 0.25) is 5.91 Å². The van der Waals surface area contributed by atoms with Crippen LogP contribution in [0, 0.1) is 13.8 Å². The number of aromatic hydroxyl groups is 1. The minimum Gasteiger partial charge on any atom is -0.507 e. The number of likely N-dealkylation sites (tertiary alicyclic amines) is 3. The van der Waals surface area contributed by atoms with Crippen LogP contribution >= 0.6 is 0 Å². The maximum Gasteiger partial charge on any atom is 0.410 e. The Morgan fingerprint density at radius 2 is 1.51 bits per heavy atom. The summed E-state index contributed by atoms with van der Waals surface area (Å²) in [5.41, 5.74) is 4.17. The summed E-state index contributed by atoms with van der Waals surface area (Å²) in [6.45, 7) is 11.9. The van der Waals surface area contributed by atoms with Gasteiger partial charge in [-0.05, 0) is 100 Å². The highest BCUT2D eigenvalue weighted by Crippen LogP contribution is 2.27. The normalized spacial score (nSPS) is 20.1. The molecule has 15 heteroatoms. The summed E-state index contributed by atoms with van der Waals surface area (Å²) in [5.74, 6) is -0.00217. The second-order valence-electron chi connectivity index (χ2n) is 17.1. The number of aryl methyl sites for hydroxylation is 2. The van der Waals surface area contributed by atoms with Crippen molar-refractivity contribution >= 4 is 35.6 Å². The molecule has 4 fully saturated rings. The molecule has 7 rings (SSSR count).